The number of rotatable bonds is 8. The van der Waals surface area contributed by atoms with Crippen LogP contribution in [0.1, 0.15) is 37.3 Å². The van der Waals surface area contributed by atoms with Crippen LogP contribution in [0.2, 0.25) is 0 Å². The number of para-hydroxylation sites is 1. The van der Waals surface area contributed by atoms with Crippen LogP contribution in [0, 0.1) is 6.92 Å². The highest BCUT2D eigenvalue weighted by atomic mass is 32.2. The first-order valence-corrected chi connectivity index (χ1v) is 11.0. The van der Waals surface area contributed by atoms with Gasteiger partial charge in [-0.15, -0.1) is 10.2 Å². The van der Waals surface area contributed by atoms with E-state index in [1.807, 2.05) is 42.5 Å². The summed E-state index contributed by atoms with van der Waals surface area (Å²) in [5.74, 6) is 0.667. The predicted molar refractivity (Wildman–Crippen MR) is 119 cm³/mol. The number of aryl methyl sites for hydroxylation is 1. The molecule has 0 saturated carbocycles. The van der Waals surface area contributed by atoms with Crippen LogP contribution in [0.4, 0.5) is 16.5 Å². The summed E-state index contributed by atoms with van der Waals surface area (Å²) in [5.41, 5.74) is 4.24. The number of benzene rings is 2. The first-order valence-electron chi connectivity index (χ1n) is 9.24. The van der Waals surface area contributed by atoms with E-state index in [4.69, 9.17) is 0 Å². The summed E-state index contributed by atoms with van der Waals surface area (Å²) in [6.45, 7) is 6.37. The van der Waals surface area contributed by atoms with E-state index in [1.54, 1.807) is 0 Å². The van der Waals surface area contributed by atoms with Crippen molar-refractivity contribution in [3.63, 3.8) is 0 Å². The third kappa shape index (κ3) is 5.56. The molecule has 7 heteroatoms. The number of nitrogens with one attached hydrogen (secondary N) is 2. The van der Waals surface area contributed by atoms with E-state index in [1.165, 1.54) is 34.2 Å². The van der Waals surface area contributed by atoms with Gasteiger partial charge in [-0.05, 0) is 43.0 Å². The lowest BCUT2D eigenvalue weighted by Gasteiger charge is -2.15. The van der Waals surface area contributed by atoms with Gasteiger partial charge in [0.05, 0.1) is 5.75 Å². The first-order chi connectivity index (χ1) is 13.5. The Bertz CT molecular complexity index is 924. The Morgan fingerprint density at radius 2 is 1.89 bits per heavy atom. The Kier molecular flexibility index (Phi) is 7.06. The van der Waals surface area contributed by atoms with Crippen molar-refractivity contribution in [3.8, 4) is 0 Å². The minimum absolute atomic E-state index is 0.0380. The van der Waals surface area contributed by atoms with Crippen molar-refractivity contribution in [1.82, 2.24) is 10.2 Å². The number of nitrogens with zero attached hydrogens (tertiary/aromatic N) is 2. The average molecular weight is 413 g/mol. The van der Waals surface area contributed by atoms with Gasteiger partial charge in [0, 0.05) is 11.4 Å². The molecular formula is C21H24N4OS2. The maximum Gasteiger partial charge on any atom is 0.234 e. The molecule has 3 aromatic rings. The second kappa shape index (κ2) is 9.71. The number of carbonyl (C=O) groups is 1. The average Bonchev–Trinajstić information content (AvgIpc) is 3.15. The summed E-state index contributed by atoms with van der Waals surface area (Å²) in [4.78, 5) is 12.4. The van der Waals surface area contributed by atoms with Gasteiger partial charge in [0.15, 0.2) is 4.34 Å². The van der Waals surface area contributed by atoms with Crippen LogP contribution in [0.3, 0.4) is 0 Å². The molecule has 0 spiro atoms. The Balaban J connectivity index is 1.54. The van der Waals surface area contributed by atoms with E-state index >= 15 is 0 Å². The Hall–Kier alpha value is -2.38. The number of aromatic nitrogens is 2. The minimum Gasteiger partial charge on any atom is -0.330 e. The third-order valence-corrected chi connectivity index (χ3v) is 6.39. The third-order valence-electron chi connectivity index (χ3n) is 4.41. The Morgan fingerprint density at radius 1 is 1.14 bits per heavy atom. The summed E-state index contributed by atoms with van der Waals surface area (Å²) in [6, 6.07) is 16.1. The number of hydrogen-bond acceptors (Lipinski definition) is 6. The lowest BCUT2D eigenvalue weighted by molar-refractivity contribution is -0.113. The molecule has 0 aliphatic heterocycles. The summed E-state index contributed by atoms with van der Waals surface area (Å²) in [6.07, 6.45) is 1.03. The largest absolute Gasteiger partial charge is 0.330 e. The van der Waals surface area contributed by atoms with E-state index in [-0.39, 0.29) is 5.91 Å². The number of amides is 1. The number of carbonyl (C=O) groups excluding carboxylic acids is 1. The van der Waals surface area contributed by atoms with Gasteiger partial charge in [-0.25, -0.2) is 0 Å². The number of thioether (sulfide) groups is 1. The van der Waals surface area contributed by atoms with Gasteiger partial charge in [-0.3, -0.25) is 4.79 Å². The molecule has 1 unspecified atom stereocenters. The lowest BCUT2D eigenvalue weighted by atomic mass is 9.97. The first kappa shape index (κ1) is 20.4. The summed E-state index contributed by atoms with van der Waals surface area (Å²) < 4.78 is 0.764. The summed E-state index contributed by atoms with van der Waals surface area (Å²) in [5, 5.41) is 15.3. The molecule has 2 aromatic carbocycles. The lowest BCUT2D eigenvalue weighted by Crippen LogP contribution is -2.15. The van der Waals surface area contributed by atoms with E-state index in [0.717, 1.165) is 22.1 Å². The molecule has 146 valence electrons. The Labute approximate surface area is 174 Å². The monoisotopic (exact) mass is 412 g/mol. The van der Waals surface area contributed by atoms with E-state index in [2.05, 4.69) is 47.7 Å². The SMILES string of the molecule is CCC(C)c1ccccc1NC(=O)CSc1nnc(Nc2ccc(C)cc2)s1. The molecule has 1 heterocycles. The van der Waals surface area contributed by atoms with E-state index < -0.39 is 0 Å². The fourth-order valence-corrected chi connectivity index (χ4v) is 4.23. The van der Waals surface area contributed by atoms with Crippen LogP contribution in [-0.4, -0.2) is 21.9 Å². The highest BCUT2D eigenvalue weighted by Gasteiger charge is 2.12. The van der Waals surface area contributed by atoms with Crippen LogP contribution in [0.5, 0.6) is 0 Å². The summed E-state index contributed by atoms with van der Waals surface area (Å²) in [7, 11) is 0. The molecule has 0 aliphatic rings. The molecule has 1 aromatic heterocycles. The van der Waals surface area contributed by atoms with E-state index in [0.29, 0.717) is 16.8 Å². The van der Waals surface area contributed by atoms with Crippen LogP contribution in [-0.2, 0) is 4.79 Å². The molecule has 1 amide bonds. The van der Waals surface area contributed by atoms with Crippen molar-refractivity contribution >= 4 is 45.5 Å². The van der Waals surface area contributed by atoms with Crippen molar-refractivity contribution in [3.05, 3.63) is 59.7 Å². The molecule has 0 saturated heterocycles. The molecule has 0 aliphatic carbocycles. The molecule has 0 bridgehead atoms. The zero-order valence-electron chi connectivity index (χ0n) is 16.2. The quantitative estimate of drug-likeness (QED) is 0.455. The second-order valence-electron chi connectivity index (χ2n) is 6.60. The van der Waals surface area contributed by atoms with Gasteiger partial charge >= 0.3 is 0 Å². The smallest absolute Gasteiger partial charge is 0.234 e. The molecule has 1 atom stereocenters. The minimum atomic E-state index is -0.0380. The van der Waals surface area contributed by atoms with Crippen molar-refractivity contribution < 1.29 is 4.79 Å². The van der Waals surface area contributed by atoms with Gasteiger partial charge in [0.2, 0.25) is 11.0 Å². The molecule has 2 N–H and O–H groups in total. The van der Waals surface area contributed by atoms with Crippen LogP contribution < -0.4 is 10.6 Å². The van der Waals surface area contributed by atoms with Gasteiger partial charge in [0.25, 0.3) is 0 Å². The molecule has 0 radical (unpaired) electrons. The standard InChI is InChI=1S/C21H24N4OS2/c1-4-15(3)17-7-5-6-8-18(17)23-19(26)13-27-21-25-24-20(28-21)22-16-11-9-14(2)10-12-16/h5-12,15H,4,13H2,1-3H3,(H,22,24)(H,23,26). The molecular weight excluding hydrogens is 388 g/mol. The maximum absolute atomic E-state index is 12.4. The summed E-state index contributed by atoms with van der Waals surface area (Å²) >= 11 is 2.84. The van der Waals surface area contributed by atoms with Crippen LogP contribution in [0.25, 0.3) is 0 Å². The Morgan fingerprint density at radius 3 is 2.64 bits per heavy atom. The fourth-order valence-electron chi connectivity index (χ4n) is 2.65. The maximum atomic E-state index is 12.4. The molecule has 3 rings (SSSR count). The normalized spacial score (nSPS) is 11.8. The van der Waals surface area contributed by atoms with Gasteiger partial charge < -0.3 is 10.6 Å². The zero-order valence-corrected chi connectivity index (χ0v) is 17.9. The van der Waals surface area contributed by atoms with Crippen LogP contribution in [0.15, 0.2) is 52.9 Å². The number of hydrogen-bond donors (Lipinski definition) is 2. The highest BCUT2D eigenvalue weighted by molar-refractivity contribution is 8.01. The molecule has 0 fully saturated rings. The van der Waals surface area contributed by atoms with Crippen molar-refractivity contribution in [2.24, 2.45) is 0 Å². The molecule has 5 nitrogen and oxygen atoms in total. The van der Waals surface area contributed by atoms with Crippen molar-refractivity contribution in [2.45, 2.75) is 37.4 Å². The predicted octanol–water partition coefficient (Wildman–Crippen LogP) is 5.83. The molecule has 28 heavy (non-hydrogen) atoms. The van der Waals surface area contributed by atoms with E-state index in [9.17, 15) is 4.79 Å². The van der Waals surface area contributed by atoms with Gasteiger partial charge in [-0.1, -0.05) is 72.8 Å². The fraction of sp³-hybridized carbons (Fsp3) is 0.286. The van der Waals surface area contributed by atoms with Crippen LogP contribution >= 0.6 is 23.1 Å². The van der Waals surface area contributed by atoms with Gasteiger partial charge in [-0.2, -0.15) is 0 Å². The second-order valence-corrected chi connectivity index (χ2v) is 8.80. The number of anilines is 3. The highest BCUT2D eigenvalue weighted by Crippen LogP contribution is 2.29. The van der Waals surface area contributed by atoms with Gasteiger partial charge in [0.1, 0.15) is 0 Å². The van der Waals surface area contributed by atoms with Crippen molar-refractivity contribution in [2.75, 3.05) is 16.4 Å². The van der Waals surface area contributed by atoms with Crippen molar-refractivity contribution in [1.29, 1.82) is 0 Å². The topological polar surface area (TPSA) is 66.9 Å². The zero-order chi connectivity index (χ0) is 19.9.